The van der Waals surface area contributed by atoms with Gasteiger partial charge in [-0.25, -0.2) is 10.4 Å². The third-order valence-electron chi connectivity index (χ3n) is 3.40. The number of hydrogen-bond donors (Lipinski definition) is 1. The number of aromatic nitrogens is 2. The van der Waals surface area contributed by atoms with Crippen LogP contribution in [0, 0.1) is 0 Å². The fourth-order valence-corrected chi connectivity index (χ4v) is 3.38. The summed E-state index contributed by atoms with van der Waals surface area (Å²) in [5.74, 6) is 0.883. The second-order valence-corrected chi connectivity index (χ2v) is 6.59. The van der Waals surface area contributed by atoms with Gasteiger partial charge >= 0.3 is 0 Å². The number of hydrogen-bond acceptors (Lipinski definition) is 5. The number of nitrogens with one attached hydrogen (secondary N) is 1. The van der Waals surface area contributed by atoms with Crippen molar-refractivity contribution in [2.75, 3.05) is 26.4 Å². The number of rotatable bonds is 5. The summed E-state index contributed by atoms with van der Waals surface area (Å²) in [6, 6.07) is 10.0. The van der Waals surface area contributed by atoms with Gasteiger partial charge in [-0.1, -0.05) is 42.1 Å². The normalized spacial score (nSPS) is 13.7. The number of carbonyl (C=O) groups excluding carboxylic acids is 1. The fourth-order valence-electron chi connectivity index (χ4n) is 2.43. The fraction of sp³-hybridized carbons (Fsp3) is 0.312. The minimum atomic E-state index is -0.136. The first-order valence-corrected chi connectivity index (χ1v) is 8.39. The van der Waals surface area contributed by atoms with Crippen molar-refractivity contribution < 1.29 is 4.79 Å². The number of thioether (sulfide) groups is 1. The zero-order valence-electron chi connectivity index (χ0n) is 13.2. The van der Waals surface area contributed by atoms with E-state index in [4.69, 9.17) is 4.98 Å². The highest BCUT2D eigenvalue weighted by Gasteiger charge is 2.21. The van der Waals surface area contributed by atoms with Crippen molar-refractivity contribution in [2.24, 2.45) is 5.10 Å². The Bertz CT molecular complexity index is 724. The van der Waals surface area contributed by atoms with E-state index in [-0.39, 0.29) is 5.91 Å². The molecule has 0 bridgehead atoms. The quantitative estimate of drug-likeness (QED) is 0.669. The highest BCUT2D eigenvalue weighted by molar-refractivity contribution is 7.99. The average molecular weight is 329 g/mol. The lowest BCUT2D eigenvalue weighted by atomic mass is 10.1. The van der Waals surface area contributed by atoms with Crippen LogP contribution in [-0.4, -0.2) is 53.0 Å². The maximum atomic E-state index is 11.7. The number of imidazole rings is 1. The Morgan fingerprint density at radius 3 is 2.96 bits per heavy atom. The molecule has 0 saturated carbocycles. The molecular formula is C16H19N5OS. The van der Waals surface area contributed by atoms with Gasteiger partial charge in [-0.15, -0.1) is 0 Å². The predicted molar refractivity (Wildman–Crippen MR) is 92.7 cm³/mol. The lowest BCUT2D eigenvalue weighted by Gasteiger charge is -2.07. The van der Waals surface area contributed by atoms with Crippen molar-refractivity contribution in [1.82, 2.24) is 19.9 Å². The second-order valence-electron chi connectivity index (χ2n) is 5.53. The molecule has 1 aliphatic rings. The van der Waals surface area contributed by atoms with Gasteiger partial charge in [0.15, 0.2) is 5.16 Å². The molecule has 1 aromatic carbocycles. The van der Waals surface area contributed by atoms with Gasteiger partial charge in [0.1, 0.15) is 0 Å². The molecule has 0 aliphatic carbocycles. The summed E-state index contributed by atoms with van der Waals surface area (Å²) in [4.78, 5) is 18.2. The van der Waals surface area contributed by atoms with Gasteiger partial charge < -0.3 is 9.47 Å². The largest absolute Gasteiger partial charge is 0.317 e. The van der Waals surface area contributed by atoms with Gasteiger partial charge in [-0.05, 0) is 14.1 Å². The molecule has 0 saturated heterocycles. The topological polar surface area (TPSA) is 62.5 Å². The summed E-state index contributed by atoms with van der Waals surface area (Å²) < 4.78 is 2.15. The number of likely N-dealkylation sites (N-methyl/N-ethyl adjacent to an activating group) is 1. The smallest absolute Gasteiger partial charge is 0.254 e. The zero-order chi connectivity index (χ0) is 16.2. The highest BCUT2D eigenvalue weighted by atomic mass is 32.2. The second kappa shape index (κ2) is 6.97. The van der Waals surface area contributed by atoms with Crippen LogP contribution >= 0.6 is 11.8 Å². The first kappa shape index (κ1) is 15.8. The molecular weight excluding hydrogens is 310 g/mol. The van der Waals surface area contributed by atoms with Crippen molar-refractivity contribution in [1.29, 1.82) is 0 Å². The minimum Gasteiger partial charge on any atom is -0.317 e. The van der Waals surface area contributed by atoms with E-state index in [9.17, 15) is 4.79 Å². The Labute approximate surface area is 139 Å². The monoisotopic (exact) mass is 329 g/mol. The maximum Gasteiger partial charge on any atom is 0.254 e. The predicted octanol–water partition coefficient (Wildman–Crippen LogP) is 1.67. The first-order chi connectivity index (χ1) is 11.1. The summed E-state index contributed by atoms with van der Waals surface area (Å²) in [6.07, 6.45) is 1.69. The van der Waals surface area contributed by atoms with E-state index in [1.54, 1.807) is 22.9 Å². The Hall–Kier alpha value is -2.12. The van der Waals surface area contributed by atoms with Gasteiger partial charge in [0, 0.05) is 17.9 Å². The molecule has 0 spiro atoms. The molecule has 7 heteroatoms. The summed E-state index contributed by atoms with van der Waals surface area (Å²) in [7, 11) is 3.69. The molecule has 0 atom stereocenters. The van der Waals surface area contributed by atoms with Crippen molar-refractivity contribution >= 4 is 23.9 Å². The number of fused-ring (bicyclic) bond motifs is 1. The van der Waals surface area contributed by atoms with E-state index < -0.39 is 0 Å². The molecule has 0 unspecified atom stereocenters. The van der Waals surface area contributed by atoms with Crippen LogP contribution in [0.15, 0.2) is 40.6 Å². The molecule has 120 valence electrons. The molecule has 1 amide bonds. The van der Waals surface area contributed by atoms with Crippen molar-refractivity contribution in [2.45, 2.75) is 11.7 Å². The van der Waals surface area contributed by atoms with Gasteiger partial charge in [0.25, 0.3) is 5.91 Å². The SMILES string of the molecule is CN(C)CC(=O)NN=Cc1c(-c2ccccc2)nc2n1CCS2. The highest BCUT2D eigenvalue weighted by Crippen LogP contribution is 2.32. The molecule has 2 heterocycles. The van der Waals surface area contributed by atoms with Crippen molar-refractivity contribution in [3.63, 3.8) is 0 Å². The number of amides is 1. The van der Waals surface area contributed by atoms with Crippen LogP contribution in [0.3, 0.4) is 0 Å². The average Bonchev–Trinajstić information content (AvgIpc) is 3.09. The van der Waals surface area contributed by atoms with Gasteiger partial charge in [0.05, 0.1) is 24.1 Å². The standard InChI is InChI=1S/C16H19N5OS/c1-20(2)11-14(22)19-17-10-13-15(12-6-4-3-5-7-12)18-16-21(13)8-9-23-16/h3-7,10H,8-9,11H2,1-2H3,(H,19,22). The van der Waals surface area contributed by atoms with E-state index in [0.29, 0.717) is 6.54 Å². The van der Waals surface area contributed by atoms with Crippen molar-refractivity contribution in [3.05, 3.63) is 36.0 Å². The van der Waals surface area contributed by atoms with Gasteiger partial charge in [-0.3, -0.25) is 4.79 Å². The van der Waals surface area contributed by atoms with Crippen LogP contribution in [0.4, 0.5) is 0 Å². The molecule has 1 N–H and O–H groups in total. The molecule has 0 fully saturated rings. The Morgan fingerprint density at radius 2 is 2.22 bits per heavy atom. The molecule has 6 nitrogen and oxygen atoms in total. The Morgan fingerprint density at radius 1 is 1.43 bits per heavy atom. The van der Waals surface area contributed by atoms with Crippen LogP contribution in [0.25, 0.3) is 11.3 Å². The molecule has 23 heavy (non-hydrogen) atoms. The summed E-state index contributed by atoms with van der Waals surface area (Å²) in [5.41, 5.74) is 5.45. The lowest BCUT2D eigenvalue weighted by molar-refractivity contribution is -0.121. The molecule has 3 rings (SSSR count). The van der Waals surface area contributed by atoms with Crippen LogP contribution < -0.4 is 5.43 Å². The molecule has 1 aromatic heterocycles. The molecule has 1 aliphatic heterocycles. The van der Waals surface area contributed by atoms with Crippen LogP contribution in [0.1, 0.15) is 5.69 Å². The number of benzene rings is 1. The van der Waals surface area contributed by atoms with E-state index in [2.05, 4.69) is 15.1 Å². The van der Waals surface area contributed by atoms with Gasteiger partial charge in [-0.2, -0.15) is 5.10 Å². The van der Waals surface area contributed by atoms with E-state index in [1.807, 2.05) is 44.4 Å². The third kappa shape index (κ3) is 3.62. The number of nitrogens with zero attached hydrogens (tertiary/aromatic N) is 4. The van der Waals surface area contributed by atoms with E-state index in [1.165, 1.54) is 0 Å². The van der Waals surface area contributed by atoms with Crippen LogP contribution in [0.2, 0.25) is 0 Å². The van der Waals surface area contributed by atoms with E-state index >= 15 is 0 Å². The van der Waals surface area contributed by atoms with Gasteiger partial charge in [0.2, 0.25) is 0 Å². The third-order valence-corrected chi connectivity index (χ3v) is 4.36. The Kier molecular flexibility index (Phi) is 4.78. The number of hydrazone groups is 1. The lowest BCUT2D eigenvalue weighted by Crippen LogP contribution is -2.30. The van der Waals surface area contributed by atoms with Crippen LogP contribution in [0.5, 0.6) is 0 Å². The Balaban J connectivity index is 1.85. The first-order valence-electron chi connectivity index (χ1n) is 7.40. The summed E-state index contributed by atoms with van der Waals surface area (Å²) in [5, 5.41) is 5.11. The summed E-state index contributed by atoms with van der Waals surface area (Å²) in [6.45, 7) is 1.22. The summed E-state index contributed by atoms with van der Waals surface area (Å²) >= 11 is 1.74. The maximum absolute atomic E-state index is 11.7. The minimum absolute atomic E-state index is 0.136. The molecule has 0 radical (unpaired) electrons. The van der Waals surface area contributed by atoms with E-state index in [0.717, 1.165) is 34.4 Å². The number of carbonyl (C=O) groups is 1. The molecule has 2 aromatic rings. The zero-order valence-corrected chi connectivity index (χ0v) is 14.0. The van der Waals surface area contributed by atoms with Crippen LogP contribution in [-0.2, 0) is 11.3 Å². The van der Waals surface area contributed by atoms with Crippen molar-refractivity contribution in [3.8, 4) is 11.3 Å².